The second kappa shape index (κ2) is 6.57. The van der Waals surface area contributed by atoms with E-state index in [2.05, 4.69) is 15.3 Å². The van der Waals surface area contributed by atoms with Gasteiger partial charge < -0.3 is 15.0 Å². The maximum atomic E-state index is 12.6. The molecule has 0 saturated carbocycles. The zero-order chi connectivity index (χ0) is 16.4. The SMILES string of the molecule is O=C(c1ccncc1)N1C[C@H]2[C@H](CNc3ccccn3)CO[C@H]2C1. The molecule has 0 radical (unpaired) electrons. The van der Waals surface area contributed by atoms with Gasteiger partial charge in [-0.15, -0.1) is 0 Å². The number of anilines is 1. The number of likely N-dealkylation sites (tertiary alicyclic amines) is 1. The predicted molar refractivity (Wildman–Crippen MR) is 89.6 cm³/mol. The fraction of sp³-hybridized carbons (Fsp3) is 0.389. The van der Waals surface area contributed by atoms with Crippen LogP contribution in [-0.4, -0.2) is 53.1 Å². The summed E-state index contributed by atoms with van der Waals surface area (Å²) in [6.45, 7) is 2.98. The van der Waals surface area contributed by atoms with E-state index in [9.17, 15) is 4.79 Å². The maximum absolute atomic E-state index is 12.6. The van der Waals surface area contributed by atoms with Gasteiger partial charge in [-0.05, 0) is 24.3 Å². The molecule has 2 aliphatic rings. The average Bonchev–Trinajstić information content (AvgIpc) is 3.22. The van der Waals surface area contributed by atoms with Crippen molar-refractivity contribution in [1.29, 1.82) is 0 Å². The minimum Gasteiger partial charge on any atom is -0.376 e. The molecule has 0 unspecified atom stereocenters. The number of ether oxygens (including phenoxy) is 1. The highest BCUT2D eigenvalue weighted by Crippen LogP contribution is 2.34. The van der Waals surface area contributed by atoms with Gasteiger partial charge in [0.1, 0.15) is 5.82 Å². The highest BCUT2D eigenvalue weighted by atomic mass is 16.5. The molecule has 0 aromatic carbocycles. The van der Waals surface area contributed by atoms with Gasteiger partial charge in [0.2, 0.25) is 0 Å². The number of carbonyl (C=O) groups is 1. The number of pyridine rings is 2. The predicted octanol–water partition coefficient (Wildman–Crippen LogP) is 1.68. The molecule has 0 aliphatic carbocycles. The van der Waals surface area contributed by atoms with Gasteiger partial charge >= 0.3 is 0 Å². The van der Waals surface area contributed by atoms with Gasteiger partial charge in [0, 0.05) is 55.6 Å². The highest BCUT2D eigenvalue weighted by Gasteiger charge is 2.45. The van der Waals surface area contributed by atoms with E-state index in [1.807, 2.05) is 23.1 Å². The van der Waals surface area contributed by atoms with Crippen molar-refractivity contribution in [2.45, 2.75) is 6.10 Å². The zero-order valence-electron chi connectivity index (χ0n) is 13.3. The van der Waals surface area contributed by atoms with Gasteiger partial charge in [-0.2, -0.15) is 0 Å². The molecule has 2 fully saturated rings. The van der Waals surface area contributed by atoms with Crippen molar-refractivity contribution in [3.05, 3.63) is 54.5 Å². The van der Waals surface area contributed by atoms with Gasteiger partial charge in [0.15, 0.2) is 0 Å². The van der Waals surface area contributed by atoms with Crippen LogP contribution in [0.2, 0.25) is 0 Å². The van der Waals surface area contributed by atoms with E-state index < -0.39 is 0 Å². The van der Waals surface area contributed by atoms with Gasteiger partial charge in [0.05, 0.1) is 12.7 Å². The minimum atomic E-state index is 0.0619. The molecule has 1 amide bonds. The van der Waals surface area contributed by atoms with Crippen molar-refractivity contribution in [2.24, 2.45) is 11.8 Å². The maximum Gasteiger partial charge on any atom is 0.254 e. The van der Waals surface area contributed by atoms with Crippen molar-refractivity contribution in [3.8, 4) is 0 Å². The van der Waals surface area contributed by atoms with Crippen molar-refractivity contribution in [3.63, 3.8) is 0 Å². The Balaban J connectivity index is 1.37. The molecule has 0 bridgehead atoms. The first-order valence-corrected chi connectivity index (χ1v) is 8.27. The van der Waals surface area contributed by atoms with Crippen LogP contribution in [0.4, 0.5) is 5.82 Å². The average molecular weight is 324 g/mol. The third-order valence-corrected chi connectivity index (χ3v) is 4.86. The largest absolute Gasteiger partial charge is 0.376 e. The summed E-state index contributed by atoms with van der Waals surface area (Å²) < 4.78 is 5.93. The van der Waals surface area contributed by atoms with E-state index in [-0.39, 0.29) is 12.0 Å². The second-order valence-corrected chi connectivity index (χ2v) is 6.34. The van der Waals surface area contributed by atoms with E-state index in [1.54, 1.807) is 30.7 Å². The van der Waals surface area contributed by atoms with Crippen molar-refractivity contribution >= 4 is 11.7 Å². The molecular weight excluding hydrogens is 304 g/mol. The van der Waals surface area contributed by atoms with Crippen LogP contribution in [0.15, 0.2) is 48.9 Å². The van der Waals surface area contributed by atoms with Gasteiger partial charge in [-0.25, -0.2) is 4.98 Å². The lowest BCUT2D eigenvalue weighted by atomic mass is 9.93. The number of fused-ring (bicyclic) bond motifs is 1. The molecule has 1 N–H and O–H groups in total. The Kier molecular flexibility index (Phi) is 4.13. The Morgan fingerprint density at radius 3 is 2.88 bits per heavy atom. The van der Waals surface area contributed by atoms with E-state index in [0.29, 0.717) is 23.9 Å². The fourth-order valence-electron chi connectivity index (χ4n) is 3.56. The summed E-state index contributed by atoms with van der Waals surface area (Å²) in [5.41, 5.74) is 0.688. The molecule has 6 nitrogen and oxygen atoms in total. The lowest BCUT2D eigenvalue weighted by Crippen LogP contribution is -2.32. The summed E-state index contributed by atoms with van der Waals surface area (Å²) in [6.07, 6.45) is 5.23. The molecule has 124 valence electrons. The molecule has 6 heteroatoms. The number of hydrogen-bond donors (Lipinski definition) is 1. The third kappa shape index (κ3) is 2.97. The number of aromatic nitrogens is 2. The van der Waals surface area contributed by atoms with E-state index in [4.69, 9.17) is 4.74 Å². The van der Waals surface area contributed by atoms with E-state index in [1.165, 1.54) is 0 Å². The monoisotopic (exact) mass is 324 g/mol. The lowest BCUT2D eigenvalue weighted by molar-refractivity contribution is 0.0680. The smallest absolute Gasteiger partial charge is 0.254 e. The molecule has 2 aromatic rings. The first-order valence-electron chi connectivity index (χ1n) is 8.27. The van der Waals surface area contributed by atoms with Crippen LogP contribution < -0.4 is 5.32 Å². The molecule has 2 saturated heterocycles. The van der Waals surface area contributed by atoms with Gasteiger partial charge in [-0.1, -0.05) is 6.07 Å². The number of nitrogens with one attached hydrogen (secondary N) is 1. The fourth-order valence-corrected chi connectivity index (χ4v) is 3.56. The first-order chi connectivity index (χ1) is 11.8. The Bertz CT molecular complexity index is 695. The van der Waals surface area contributed by atoms with Crippen LogP contribution in [0.25, 0.3) is 0 Å². The van der Waals surface area contributed by atoms with Crippen LogP contribution >= 0.6 is 0 Å². The molecular formula is C18H20N4O2. The Morgan fingerprint density at radius 1 is 1.21 bits per heavy atom. The first kappa shape index (κ1) is 15.1. The summed E-state index contributed by atoms with van der Waals surface area (Å²) >= 11 is 0. The summed E-state index contributed by atoms with van der Waals surface area (Å²) in [5.74, 6) is 1.72. The molecule has 4 heterocycles. The summed E-state index contributed by atoms with van der Waals surface area (Å²) in [6, 6.07) is 9.35. The van der Waals surface area contributed by atoms with Crippen LogP contribution in [0.3, 0.4) is 0 Å². The lowest BCUT2D eigenvalue weighted by Gasteiger charge is -2.20. The van der Waals surface area contributed by atoms with E-state index >= 15 is 0 Å². The number of hydrogen-bond acceptors (Lipinski definition) is 5. The second-order valence-electron chi connectivity index (χ2n) is 6.34. The van der Waals surface area contributed by atoms with Crippen molar-refractivity contribution < 1.29 is 9.53 Å². The van der Waals surface area contributed by atoms with E-state index in [0.717, 1.165) is 25.5 Å². The van der Waals surface area contributed by atoms with Crippen LogP contribution in [0, 0.1) is 11.8 Å². The number of rotatable bonds is 4. The van der Waals surface area contributed by atoms with Gasteiger partial charge in [0.25, 0.3) is 5.91 Å². The molecule has 24 heavy (non-hydrogen) atoms. The van der Waals surface area contributed by atoms with Crippen molar-refractivity contribution in [1.82, 2.24) is 14.9 Å². The number of nitrogens with zero attached hydrogens (tertiary/aromatic N) is 3. The molecule has 4 rings (SSSR count). The van der Waals surface area contributed by atoms with Crippen molar-refractivity contribution in [2.75, 3.05) is 31.6 Å². The summed E-state index contributed by atoms with van der Waals surface area (Å²) in [5, 5.41) is 3.37. The topological polar surface area (TPSA) is 67.4 Å². The summed E-state index contributed by atoms with van der Waals surface area (Å²) in [4.78, 5) is 22.7. The Hall–Kier alpha value is -2.47. The Morgan fingerprint density at radius 2 is 2.08 bits per heavy atom. The number of carbonyl (C=O) groups excluding carboxylic acids is 1. The molecule has 3 atom stereocenters. The molecule has 2 aliphatic heterocycles. The third-order valence-electron chi connectivity index (χ3n) is 4.86. The standard InChI is InChI=1S/C18H20N4O2/c23-18(13-4-7-19-8-5-13)22-10-15-14(12-24-16(15)11-22)9-21-17-3-1-2-6-20-17/h1-8,14-16H,9-12H2,(H,20,21)/t14-,15+,16+/m1/s1. The van der Waals surface area contributed by atoms with Crippen LogP contribution in [-0.2, 0) is 4.74 Å². The zero-order valence-corrected chi connectivity index (χ0v) is 13.3. The molecule has 0 spiro atoms. The highest BCUT2D eigenvalue weighted by molar-refractivity contribution is 5.94. The van der Waals surface area contributed by atoms with Crippen LogP contribution in [0.5, 0.6) is 0 Å². The number of amides is 1. The normalized spacial score (nSPS) is 25.5. The van der Waals surface area contributed by atoms with Crippen LogP contribution in [0.1, 0.15) is 10.4 Å². The van der Waals surface area contributed by atoms with Gasteiger partial charge in [-0.3, -0.25) is 9.78 Å². The summed E-state index contributed by atoms with van der Waals surface area (Å²) in [7, 11) is 0. The minimum absolute atomic E-state index is 0.0619. The quantitative estimate of drug-likeness (QED) is 0.927. The molecule has 2 aromatic heterocycles. The Labute approximate surface area is 140 Å².